The van der Waals surface area contributed by atoms with E-state index in [4.69, 9.17) is 0 Å². The molecule has 2 aromatic carbocycles. The molecule has 0 unspecified atom stereocenters. The molecule has 0 saturated carbocycles. The molecule has 3 aromatic rings. The molecule has 1 aromatic heterocycles. The van der Waals surface area contributed by atoms with Gasteiger partial charge < -0.3 is 4.90 Å². The molecule has 5 nitrogen and oxygen atoms in total. The Morgan fingerprint density at radius 3 is 2.56 bits per heavy atom. The number of anilines is 1. The monoisotopic (exact) mass is 387 g/mol. The minimum Gasteiger partial charge on any atom is -0.336 e. The van der Waals surface area contributed by atoms with E-state index in [1.165, 1.54) is 16.3 Å². The summed E-state index contributed by atoms with van der Waals surface area (Å²) < 4.78 is 26.2. The summed E-state index contributed by atoms with van der Waals surface area (Å²) >= 11 is 1.07. The van der Waals surface area contributed by atoms with Crippen LogP contribution in [0.25, 0.3) is 0 Å². The van der Waals surface area contributed by atoms with Gasteiger partial charge in [0.05, 0.1) is 0 Å². The molecule has 0 aliphatic carbocycles. The molecule has 0 aliphatic heterocycles. The first-order chi connectivity index (χ1) is 12.9. The molecule has 8 heteroatoms. The van der Waals surface area contributed by atoms with Crippen LogP contribution in [-0.4, -0.2) is 28.7 Å². The number of hydrogen-bond acceptors (Lipinski definition) is 4. The number of aromatic nitrogens is 1. The summed E-state index contributed by atoms with van der Waals surface area (Å²) in [5, 5.41) is 4.21. The third-order valence-corrected chi connectivity index (χ3v) is 4.49. The van der Waals surface area contributed by atoms with Crippen molar-refractivity contribution in [2.45, 2.75) is 6.54 Å². The van der Waals surface area contributed by atoms with E-state index < -0.39 is 17.5 Å². The summed E-state index contributed by atoms with van der Waals surface area (Å²) in [6.45, 7) is 0.424. The second-order valence-electron chi connectivity index (χ2n) is 5.77. The van der Waals surface area contributed by atoms with E-state index >= 15 is 0 Å². The standard InChI is InChI=1S/C19H15F2N3O2S/c1-24(10-12-5-3-2-4-6-12)18(26)16-11-27-19(22-16)23-17(25)13-7-8-14(20)15(21)9-13/h2-9,11H,10H2,1H3,(H,22,23,25). The molecule has 2 amide bonds. The minimum atomic E-state index is -1.11. The predicted octanol–water partition coefficient (Wildman–Crippen LogP) is 3.95. The highest BCUT2D eigenvalue weighted by Gasteiger charge is 2.17. The number of rotatable bonds is 5. The summed E-state index contributed by atoms with van der Waals surface area (Å²) in [5.41, 5.74) is 1.13. The Morgan fingerprint density at radius 2 is 1.85 bits per heavy atom. The van der Waals surface area contributed by atoms with E-state index in [0.29, 0.717) is 6.54 Å². The molecular formula is C19H15F2N3O2S. The highest BCUT2D eigenvalue weighted by atomic mass is 32.1. The Balaban J connectivity index is 1.66. The average Bonchev–Trinajstić information content (AvgIpc) is 3.12. The first-order valence-corrected chi connectivity index (χ1v) is 8.83. The van der Waals surface area contributed by atoms with Crippen molar-refractivity contribution in [3.8, 4) is 0 Å². The van der Waals surface area contributed by atoms with Crippen LogP contribution in [0.15, 0.2) is 53.9 Å². The maximum Gasteiger partial charge on any atom is 0.273 e. The number of hydrogen-bond donors (Lipinski definition) is 1. The molecule has 1 heterocycles. The Morgan fingerprint density at radius 1 is 1.11 bits per heavy atom. The Bertz CT molecular complexity index is 976. The Kier molecular flexibility index (Phi) is 5.56. The number of carbonyl (C=O) groups excluding carboxylic acids is 2. The molecule has 0 saturated heterocycles. The normalized spacial score (nSPS) is 10.5. The van der Waals surface area contributed by atoms with Crippen LogP contribution in [0.3, 0.4) is 0 Å². The summed E-state index contributed by atoms with van der Waals surface area (Å²) in [4.78, 5) is 30.2. The smallest absolute Gasteiger partial charge is 0.273 e. The van der Waals surface area contributed by atoms with Gasteiger partial charge in [-0.1, -0.05) is 30.3 Å². The molecule has 0 spiro atoms. The number of benzene rings is 2. The zero-order chi connectivity index (χ0) is 19.4. The highest BCUT2D eigenvalue weighted by molar-refractivity contribution is 7.14. The SMILES string of the molecule is CN(Cc1ccccc1)C(=O)c1csc(NC(=O)c2ccc(F)c(F)c2)n1. The molecule has 0 fully saturated rings. The van der Waals surface area contributed by atoms with E-state index in [0.717, 1.165) is 29.0 Å². The molecule has 3 rings (SSSR count). The van der Waals surface area contributed by atoms with Crippen molar-refractivity contribution in [2.75, 3.05) is 12.4 Å². The summed E-state index contributed by atoms with van der Waals surface area (Å²) in [6, 6.07) is 12.4. The molecule has 27 heavy (non-hydrogen) atoms. The molecule has 0 atom stereocenters. The fourth-order valence-corrected chi connectivity index (χ4v) is 3.04. The number of carbonyl (C=O) groups is 2. The van der Waals surface area contributed by atoms with Gasteiger partial charge in [-0.05, 0) is 23.8 Å². The number of nitrogens with zero attached hydrogens (tertiary/aromatic N) is 2. The first kappa shape index (κ1) is 18.7. The molecule has 138 valence electrons. The molecule has 0 radical (unpaired) electrons. The van der Waals surface area contributed by atoms with Gasteiger partial charge in [0, 0.05) is 24.5 Å². The predicted molar refractivity (Wildman–Crippen MR) is 98.7 cm³/mol. The highest BCUT2D eigenvalue weighted by Crippen LogP contribution is 2.19. The van der Waals surface area contributed by atoms with Crippen LogP contribution in [0.5, 0.6) is 0 Å². The van der Waals surface area contributed by atoms with Gasteiger partial charge in [-0.3, -0.25) is 14.9 Å². The molecule has 0 aliphatic rings. The second kappa shape index (κ2) is 8.05. The Labute approximate surface area is 158 Å². The first-order valence-electron chi connectivity index (χ1n) is 7.95. The van der Waals surface area contributed by atoms with Gasteiger partial charge in [0.2, 0.25) is 0 Å². The van der Waals surface area contributed by atoms with Crippen LogP contribution < -0.4 is 5.32 Å². The summed E-state index contributed by atoms with van der Waals surface area (Å²) in [5.74, 6) is -3.07. The van der Waals surface area contributed by atoms with Gasteiger partial charge in [-0.15, -0.1) is 11.3 Å². The van der Waals surface area contributed by atoms with Crippen molar-refractivity contribution in [3.05, 3.63) is 82.4 Å². The lowest BCUT2D eigenvalue weighted by atomic mass is 10.2. The number of halogens is 2. The van der Waals surface area contributed by atoms with Crippen LogP contribution in [0.2, 0.25) is 0 Å². The van der Waals surface area contributed by atoms with Crippen molar-refractivity contribution in [2.24, 2.45) is 0 Å². The van der Waals surface area contributed by atoms with Crippen LogP contribution >= 0.6 is 11.3 Å². The lowest BCUT2D eigenvalue weighted by Gasteiger charge is -2.15. The number of nitrogens with one attached hydrogen (secondary N) is 1. The molecule has 0 bridgehead atoms. The molecular weight excluding hydrogens is 372 g/mol. The topological polar surface area (TPSA) is 62.3 Å². The van der Waals surface area contributed by atoms with Gasteiger partial charge >= 0.3 is 0 Å². The van der Waals surface area contributed by atoms with E-state index in [1.807, 2.05) is 30.3 Å². The van der Waals surface area contributed by atoms with E-state index in [-0.39, 0.29) is 22.3 Å². The fourth-order valence-electron chi connectivity index (χ4n) is 2.36. The van der Waals surface area contributed by atoms with Gasteiger partial charge in [-0.2, -0.15) is 0 Å². The maximum absolute atomic E-state index is 13.2. The van der Waals surface area contributed by atoms with Crippen LogP contribution in [0.4, 0.5) is 13.9 Å². The third-order valence-electron chi connectivity index (χ3n) is 3.73. The van der Waals surface area contributed by atoms with Crippen molar-refractivity contribution in [1.82, 2.24) is 9.88 Å². The molecule has 1 N–H and O–H groups in total. The van der Waals surface area contributed by atoms with E-state index in [1.54, 1.807) is 7.05 Å². The minimum absolute atomic E-state index is 0.0434. The van der Waals surface area contributed by atoms with E-state index in [2.05, 4.69) is 10.3 Å². The fraction of sp³-hybridized carbons (Fsp3) is 0.105. The lowest BCUT2D eigenvalue weighted by molar-refractivity contribution is 0.0779. The van der Waals surface area contributed by atoms with E-state index in [9.17, 15) is 18.4 Å². The summed E-state index contributed by atoms with van der Waals surface area (Å²) in [7, 11) is 1.66. The average molecular weight is 387 g/mol. The zero-order valence-corrected chi connectivity index (χ0v) is 15.1. The van der Waals surface area contributed by atoms with Crippen molar-refractivity contribution >= 4 is 28.3 Å². The number of thiazole rings is 1. The lowest BCUT2D eigenvalue weighted by Crippen LogP contribution is -2.26. The number of amides is 2. The summed E-state index contributed by atoms with van der Waals surface area (Å²) in [6.07, 6.45) is 0. The van der Waals surface area contributed by atoms with Crippen molar-refractivity contribution in [1.29, 1.82) is 0 Å². The largest absolute Gasteiger partial charge is 0.336 e. The third kappa shape index (κ3) is 4.53. The van der Waals surface area contributed by atoms with Crippen molar-refractivity contribution in [3.63, 3.8) is 0 Å². The zero-order valence-electron chi connectivity index (χ0n) is 14.3. The van der Waals surface area contributed by atoms with Crippen molar-refractivity contribution < 1.29 is 18.4 Å². The Hall–Kier alpha value is -3.13. The quantitative estimate of drug-likeness (QED) is 0.721. The van der Waals surface area contributed by atoms with Gasteiger partial charge in [0.25, 0.3) is 11.8 Å². The second-order valence-corrected chi connectivity index (χ2v) is 6.63. The van der Waals surface area contributed by atoms with Crippen LogP contribution in [0.1, 0.15) is 26.4 Å². The van der Waals surface area contributed by atoms with Gasteiger partial charge in [-0.25, -0.2) is 13.8 Å². The van der Waals surface area contributed by atoms with Gasteiger partial charge in [0.1, 0.15) is 5.69 Å². The van der Waals surface area contributed by atoms with Crippen LogP contribution in [0, 0.1) is 11.6 Å². The van der Waals surface area contributed by atoms with Crippen LogP contribution in [-0.2, 0) is 6.54 Å². The maximum atomic E-state index is 13.2. The van der Waals surface area contributed by atoms with Gasteiger partial charge in [0.15, 0.2) is 16.8 Å².